The van der Waals surface area contributed by atoms with Crippen molar-refractivity contribution in [1.82, 2.24) is 29.7 Å². The van der Waals surface area contributed by atoms with Gasteiger partial charge in [-0.25, -0.2) is 0 Å². The average Bonchev–Trinajstić information content (AvgIpc) is 3.02. The first-order chi connectivity index (χ1) is 12.5. The van der Waals surface area contributed by atoms with Crippen LogP contribution in [0.3, 0.4) is 0 Å². The van der Waals surface area contributed by atoms with Gasteiger partial charge in [-0.3, -0.25) is 0 Å². The maximum Gasteiger partial charge on any atom is 0.229 e. The molecule has 0 spiro atoms. The van der Waals surface area contributed by atoms with Crippen LogP contribution in [0.2, 0.25) is 0 Å². The van der Waals surface area contributed by atoms with Crippen LogP contribution in [0.5, 0.6) is 0 Å². The van der Waals surface area contributed by atoms with Crippen molar-refractivity contribution in [2.75, 3.05) is 24.7 Å². The second-order valence-corrected chi connectivity index (χ2v) is 6.96. The molecule has 2 N–H and O–H groups in total. The third kappa shape index (κ3) is 3.93. The maximum absolute atomic E-state index is 5.79. The number of hydrogen-bond acceptors (Lipinski definition) is 8. The molecule has 0 radical (unpaired) electrons. The fourth-order valence-corrected chi connectivity index (χ4v) is 3.35. The summed E-state index contributed by atoms with van der Waals surface area (Å²) >= 11 is 1.54. The first kappa shape index (κ1) is 18.1. The Bertz CT molecular complexity index is 906. The minimum Gasteiger partial charge on any atom is -0.368 e. The molecule has 0 bridgehead atoms. The van der Waals surface area contributed by atoms with Crippen LogP contribution in [-0.2, 0) is 12.3 Å². The Hall–Kier alpha value is -2.68. The molecule has 0 aliphatic carbocycles. The first-order valence-electron chi connectivity index (χ1n) is 8.28. The predicted molar refractivity (Wildman–Crippen MR) is 104 cm³/mol. The van der Waals surface area contributed by atoms with E-state index in [2.05, 4.69) is 55.7 Å². The van der Waals surface area contributed by atoms with Gasteiger partial charge in [0, 0.05) is 26.2 Å². The minimum absolute atomic E-state index is 0.219. The fourth-order valence-electron chi connectivity index (χ4n) is 2.50. The van der Waals surface area contributed by atoms with E-state index >= 15 is 0 Å². The lowest BCUT2D eigenvalue weighted by Gasteiger charge is -2.11. The molecule has 1 aromatic carbocycles. The van der Waals surface area contributed by atoms with E-state index in [-0.39, 0.29) is 5.95 Å². The second-order valence-electron chi connectivity index (χ2n) is 6.01. The molecule has 26 heavy (non-hydrogen) atoms. The highest BCUT2D eigenvalue weighted by atomic mass is 32.2. The Morgan fingerprint density at radius 1 is 1.15 bits per heavy atom. The molecule has 3 aromatic rings. The van der Waals surface area contributed by atoms with Gasteiger partial charge < -0.3 is 15.2 Å². The smallest absolute Gasteiger partial charge is 0.229 e. The standard InChI is InChI=1S/C17H22N8S/c1-5-25-14(12-8-6-7-11(2)9-12)22-23-17(25)26-10-13-19-15(18)21-16(20-13)24(3)4/h6-9H,5,10H2,1-4H3,(H2,18,19,20,21). The second kappa shape index (κ2) is 7.69. The number of benzene rings is 1. The van der Waals surface area contributed by atoms with Gasteiger partial charge in [-0.05, 0) is 19.9 Å². The zero-order valence-corrected chi connectivity index (χ0v) is 16.2. The van der Waals surface area contributed by atoms with Crippen LogP contribution >= 0.6 is 11.8 Å². The molecule has 0 aliphatic heterocycles. The molecular weight excluding hydrogens is 348 g/mol. The third-order valence-corrected chi connectivity index (χ3v) is 4.69. The molecule has 8 nitrogen and oxygen atoms in total. The molecule has 0 aliphatic rings. The lowest BCUT2D eigenvalue weighted by Crippen LogP contribution is -2.16. The Kier molecular flexibility index (Phi) is 5.36. The molecule has 0 saturated carbocycles. The van der Waals surface area contributed by atoms with Gasteiger partial charge in [0.05, 0.1) is 5.75 Å². The number of anilines is 2. The largest absolute Gasteiger partial charge is 0.368 e. The summed E-state index contributed by atoms with van der Waals surface area (Å²) in [6.07, 6.45) is 0. The molecule has 3 rings (SSSR count). The quantitative estimate of drug-likeness (QED) is 0.661. The average molecular weight is 370 g/mol. The fraction of sp³-hybridized carbons (Fsp3) is 0.353. The summed E-state index contributed by atoms with van der Waals surface area (Å²) in [6.45, 7) is 4.93. The lowest BCUT2D eigenvalue weighted by molar-refractivity contribution is 0.687. The van der Waals surface area contributed by atoms with E-state index in [9.17, 15) is 0 Å². The number of nitrogens with zero attached hydrogens (tertiary/aromatic N) is 7. The molecule has 0 unspecified atom stereocenters. The highest BCUT2D eigenvalue weighted by molar-refractivity contribution is 7.98. The highest BCUT2D eigenvalue weighted by Crippen LogP contribution is 2.26. The van der Waals surface area contributed by atoms with Crippen molar-refractivity contribution in [3.63, 3.8) is 0 Å². The first-order valence-corrected chi connectivity index (χ1v) is 9.27. The van der Waals surface area contributed by atoms with E-state index in [1.54, 1.807) is 4.90 Å². The molecule has 136 valence electrons. The Balaban J connectivity index is 1.83. The van der Waals surface area contributed by atoms with Crippen LogP contribution in [0.4, 0.5) is 11.9 Å². The minimum atomic E-state index is 0.219. The third-order valence-electron chi connectivity index (χ3n) is 3.73. The summed E-state index contributed by atoms with van der Waals surface area (Å²) in [7, 11) is 3.74. The summed E-state index contributed by atoms with van der Waals surface area (Å²) in [4.78, 5) is 14.6. The molecule has 9 heteroatoms. The van der Waals surface area contributed by atoms with Crippen LogP contribution in [0, 0.1) is 6.92 Å². The molecule has 0 saturated heterocycles. The zero-order chi connectivity index (χ0) is 18.7. The van der Waals surface area contributed by atoms with E-state index in [0.717, 1.165) is 23.1 Å². The molecule has 0 atom stereocenters. The van der Waals surface area contributed by atoms with Crippen molar-refractivity contribution < 1.29 is 0 Å². The summed E-state index contributed by atoms with van der Waals surface area (Å²) in [5.74, 6) is 2.79. The molecule has 0 fully saturated rings. The Morgan fingerprint density at radius 2 is 1.96 bits per heavy atom. The van der Waals surface area contributed by atoms with Gasteiger partial charge in [0.25, 0.3) is 0 Å². The number of rotatable bonds is 6. The van der Waals surface area contributed by atoms with Crippen molar-refractivity contribution in [2.45, 2.75) is 31.3 Å². The summed E-state index contributed by atoms with van der Waals surface area (Å²) in [5, 5.41) is 9.56. The van der Waals surface area contributed by atoms with Gasteiger partial charge in [0.1, 0.15) is 5.82 Å². The van der Waals surface area contributed by atoms with E-state index in [4.69, 9.17) is 5.73 Å². The molecule has 0 amide bonds. The van der Waals surface area contributed by atoms with Crippen molar-refractivity contribution in [3.8, 4) is 11.4 Å². The van der Waals surface area contributed by atoms with Gasteiger partial charge in [0.2, 0.25) is 11.9 Å². The number of nitrogen functional groups attached to an aromatic ring is 1. The summed E-state index contributed by atoms with van der Waals surface area (Å²) in [5.41, 5.74) is 8.04. The number of aryl methyl sites for hydroxylation is 1. The van der Waals surface area contributed by atoms with Crippen LogP contribution in [0.1, 0.15) is 18.3 Å². The van der Waals surface area contributed by atoms with Gasteiger partial charge in [-0.2, -0.15) is 15.0 Å². The SMILES string of the molecule is CCn1c(SCc2nc(N)nc(N(C)C)n2)nnc1-c1cccc(C)c1. The number of aromatic nitrogens is 6. The Morgan fingerprint density at radius 3 is 2.65 bits per heavy atom. The van der Waals surface area contributed by atoms with E-state index in [0.29, 0.717) is 17.5 Å². The summed E-state index contributed by atoms with van der Waals surface area (Å²) < 4.78 is 2.09. The van der Waals surface area contributed by atoms with E-state index in [1.807, 2.05) is 26.2 Å². The van der Waals surface area contributed by atoms with Crippen LogP contribution in [0.15, 0.2) is 29.4 Å². The lowest BCUT2D eigenvalue weighted by atomic mass is 10.1. The normalized spacial score (nSPS) is 10.9. The van der Waals surface area contributed by atoms with Crippen molar-refractivity contribution in [2.24, 2.45) is 0 Å². The summed E-state index contributed by atoms with van der Waals surface area (Å²) in [6, 6.07) is 8.26. The van der Waals surface area contributed by atoms with Gasteiger partial charge in [0.15, 0.2) is 11.0 Å². The van der Waals surface area contributed by atoms with E-state index < -0.39 is 0 Å². The van der Waals surface area contributed by atoms with Gasteiger partial charge in [-0.1, -0.05) is 35.5 Å². The van der Waals surface area contributed by atoms with Gasteiger partial charge >= 0.3 is 0 Å². The van der Waals surface area contributed by atoms with Gasteiger partial charge in [-0.15, -0.1) is 10.2 Å². The van der Waals surface area contributed by atoms with Crippen LogP contribution < -0.4 is 10.6 Å². The maximum atomic E-state index is 5.79. The van der Waals surface area contributed by atoms with Crippen LogP contribution in [0.25, 0.3) is 11.4 Å². The topological polar surface area (TPSA) is 98.6 Å². The Labute approximate surface area is 156 Å². The number of thioether (sulfide) groups is 1. The van der Waals surface area contributed by atoms with Crippen LogP contribution in [-0.4, -0.2) is 43.8 Å². The monoisotopic (exact) mass is 370 g/mol. The molecular formula is C17H22N8S. The molecule has 2 aromatic heterocycles. The number of nitrogens with two attached hydrogens (primary N) is 1. The van der Waals surface area contributed by atoms with Crippen molar-refractivity contribution >= 4 is 23.7 Å². The number of hydrogen-bond donors (Lipinski definition) is 1. The zero-order valence-electron chi connectivity index (χ0n) is 15.3. The van der Waals surface area contributed by atoms with Crippen molar-refractivity contribution in [3.05, 3.63) is 35.7 Å². The highest BCUT2D eigenvalue weighted by Gasteiger charge is 2.15. The van der Waals surface area contributed by atoms with E-state index in [1.165, 1.54) is 17.3 Å². The predicted octanol–water partition coefficient (Wildman–Crippen LogP) is 2.40. The molecule has 2 heterocycles. The van der Waals surface area contributed by atoms with Crippen molar-refractivity contribution in [1.29, 1.82) is 0 Å².